The smallest absolute Gasteiger partial charge is 0.317 e. The Morgan fingerprint density at radius 1 is 1.65 bits per heavy atom. The first-order chi connectivity index (χ1) is 9.43. The van der Waals surface area contributed by atoms with Crippen molar-refractivity contribution in [2.24, 2.45) is 0 Å². The second kappa shape index (κ2) is 5.78. The Morgan fingerprint density at radius 3 is 3.00 bits per heavy atom. The molecule has 1 aliphatic rings. The first-order valence-electron chi connectivity index (χ1n) is 6.60. The molecule has 1 saturated heterocycles. The van der Waals surface area contributed by atoms with Crippen molar-refractivity contribution in [3.05, 3.63) is 11.1 Å². The van der Waals surface area contributed by atoms with E-state index < -0.39 is 5.41 Å². The van der Waals surface area contributed by atoms with Crippen LogP contribution < -0.4 is 10.6 Å². The highest BCUT2D eigenvalue weighted by Crippen LogP contribution is 2.29. The molecule has 0 radical (unpaired) electrons. The Balaban J connectivity index is 2.04. The lowest BCUT2D eigenvalue weighted by molar-refractivity contribution is -0.148. The van der Waals surface area contributed by atoms with Crippen LogP contribution in [-0.4, -0.2) is 36.1 Å². The van der Waals surface area contributed by atoms with Gasteiger partial charge in [0.25, 0.3) is 0 Å². The minimum Gasteiger partial charge on any atom is -0.465 e. The van der Waals surface area contributed by atoms with Crippen molar-refractivity contribution in [3.8, 4) is 0 Å². The molecule has 1 aliphatic heterocycles. The fourth-order valence-electron chi connectivity index (χ4n) is 1.93. The summed E-state index contributed by atoms with van der Waals surface area (Å²) in [6.07, 6.45) is 0.455. The molecule has 0 aliphatic carbocycles. The van der Waals surface area contributed by atoms with Gasteiger partial charge in [-0.15, -0.1) is 11.3 Å². The van der Waals surface area contributed by atoms with Gasteiger partial charge in [-0.05, 0) is 20.8 Å². The number of carbonyl (C=O) groups is 2. The lowest BCUT2D eigenvalue weighted by Crippen LogP contribution is -2.31. The van der Waals surface area contributed by atoms with E-state index in [2.05, 4.69) is 15.6 Å². The van der Waals surface area contributed by atoms with Gasteiger partial charge in [0.15, 0.2) is 5.13 Å². The highest BCUT2D eigenvalue weighted by molar-refractivity contribution is 7.13. The molecule has 1 amide bonds. The minimum atomic E-state index is -0.768. The zero-order chi connectivity index (χ0) is 14.8. The fraction of sp³-hybridized carbons (Fsp3) is 0.615. The first kappa shape index (κ1) is 14.8. The van der Waals surface area contributed by atoms with Crippen LogP contribution in [0.15, 0.2) is 5.38 Å². The molecule has 0 bridgehead atoms. The molecule has 1 unspecified atom stereocenters. The van der Waals surface area contributed by atoms with E-state index >= 15 is 0 Å². The predicted molar refractivity (Wildman–Crippen MR) is 76.8 cm³/mol. The van der Waals surface area contributed by atoms with Crippen LogP contribution >= 0.6 is 11.3 Å². The lowest BCUT2D eigenvalue weighted by Gasteiger charge is -2.19. The molecule has 2 heterocycles. The number of rotatable bonds is 5. The van der Waals surface area contributed by atoms with Gasteiger partial charge in [0.1, 0.15) is 5.41 Å². The van der Waals surface area contributed by atoms with E-state index in [-0.39, 0.29) is 17.9 Å². The summed E-state index contributed by atoms with van der Waals surface area (Å²) in [6.45, 7) is 6.34. The van der Waals surface area contributed by atoms with Crippen molar-refractivity contribution in [1.82, 2.24) is 10.3 Å². The van der Waals surface area contributed by atoms with E-state index in [1.807, 2.05) is 5.38 Å². The van der Waals surface area contributed by atoms with Gasteiger partial charge in [0.2, 0.25) is 5.91 Å². The van der Waals surface area contributed by atoms with E-state index in [0.29, 0.717) is 25.3 Å². The van der Waals surface area contributed by atoms with E-state index in [0.717, 1.165) is 5.13 Å². The van der Waals surface area contributed by atoms with E-state index in [9.17, 15) is 9.59 Å². The standard InChI is InChI=1S/C13H19N3O3S/c1-4-19-11(18)13(2,3)9-7-20-12(16-9)15-8-5-10(17)14-6-8/h7-8H,4-6H2,1-3H3,(H,14,17)(H,15,16). The van der Waals surface area contributed by atoms with Crippen molar-refractivity contribution >= 4 is 28.3 Å². The van der Waals surface area contributed by atoms with Crippen LogP contribution in [0.25, 0.3) is 0 Å². The molecular weight excluding hydrogens is 278 g/mol. The third-order valence-corrected chi connectivity index (χ3v) is 4.01. The molecule has 110 valence electrons. The second-order valence-electron chi connectivity index (χ2n) is 5.23. The normalized spacial score (nSPS) is 18.8. The van der Waals surface area contributed by atoms with Crippen LogP contribution in [-0.2, 0) is 19.7 Å². The third-order valence-electron chi connectivity index (χ3n) is 3.24. The summed E-state index contributed by atoms with van der Waals surface area (Å²) in [7, 11) is 0. The maximum Gasteiger partial charge on any atom is 0.317 e. The number of aromatic nitrogens is 1. The highest BCUT2D eigenvalue weighted by Gasteiger charge is 2.34. The second-order valence-corrected chi connectivity index (χ2v) is 6.09. The minimum absolute atomic E-state index is 0.0473. The zero-order valence-corrected chi connectivity index (χ0v) is 12.7. The van der Waals surface area contributed by atoms with Crippen LogP contribution in [0.1, 0.15) is 32.9 Å². The quantitative estimate of drug-likeness (QED) is 0.800. The molecule has 0 saturated carbocycles. The maximum absolute atomic E-state index is 11.9. The maximum atomic E-state index is 11.9. The number of anilines is 1. The lowest BCUT2D eigenvalue weighted by atomic mass is 9.90. The average Bonchev–Trinajstić information content (AvgIpc) is 3.00. The molecule has 1 atom stereocenters. The average molecular weight is 297 g/mol. The SMILES string of the molecule is CCOC(=O)C(C)(C)c1csc(NC2CNC(=O)C2)n1. The first-order valence-corrected chi connectivity index (χ1v) is 7.48. The van der Waals surface area contributed by atoms with Crippen molar-refractivity contribution in [2.75, 3.05) is 18.5 Å². The molecule has 7 heteroatoms. The predicted octanol–water partition coefficient (Wildman–Crippen LogP) is 1.28. The van der Waals surface area contributed by atoms with Crippen LogP contribution in [0.3, 0.4) is 0 Å². The van der Waals surface area contributed by atoms with Gasteiger partial charge in [0, 0.05) is 18.3 Å². The Labute approximate surface area is 121 Å². The number of hydrogen-bond donors (Lipinski definition) is 2. The van der Waals surface area contributed by atoms with Gasteiger partial charge < -0.3 is 15.4 Å². The molecule has 1 aromatic heterocycles. The van der Waals surface area contributed by atoms with Crippen molar-refractivity contribution in [2.45, 2.75) is 38.6 Å². The monoisotopic (exact) mass is 297 g/mol. The van der Waals surface area contributed by atoms with E-state index in [1.54, 1.807) is 20.8 Å². The summed E-state index contributed by atoms with van der Waals surface area (Å²) in [5, 5.41) is 8.54. The Hall–Kier alpha value is -1.63. The van der Waals surface area contributed by atoms with Gasteiger partial charge in [0.05, 0.1) is 18.3 Å². The largest absolute Gasteiger partial charge is 0.465 e. The Morgan fingerprint density at radius 2 is 2.40 bits per heavy atom. The van der Waals surface area contributed by atoms with Crippen molar-refractivity contribution in [3.63, 3.8) is 0 Å². The number of thiazole rings is 1. The number of amides is 1. The molecule has 0 spiro atoms. The summed E-state index contributed by atoms with van der Waals surface area (Å²) in [6, 6.07) is 0.0622. The molecule has 20 heavy (non-hydrogen) atoms. The fourth-order valence-corrected chi connectivity index (χ4v) is 2.88. The van der Waals surface area contributed by atoms with Gasteiger partial charge in [-0.2, -0.15) is 0 Å². The van der Waals surface area contributed by atoms with Gasteiger partial charge in [-0.1, -0.05) is 0 Å². The number of esters is 1. The number of ether oxygens (including phenoxy) is 1. The van der Waals surface area contributed by atoms with Gasteiger partial charge in [-0.3, -0.25) is 9.59 Å². The number of nitrogens with zero attached hydrogens (tertiary/aromatic N) is 1. The Bertz CT molecular complexity index is 513. The number of hydrogen-bond acceptors (Lipinski definition) is 6. The van der Waals surface area contributed by atoms with Crippen molar-refractivity contribution in [1.29, 1.82) is 0 Å². The molecule has 6 nitrogen and oxygen atoms in total. The third kappa shape index (κ3) is 3.09. The molecular formula is C13H19N3O3S. The van der Waals surface area contributed by atoms with Crippen LogP contribution in [0.2, 0.25) is 0 Å². The number of nitrogens with one attached hydrogen (secondary N) is 2. The molecule has 2 rings (SSSR count). The molecule has 1 fully saturated rings. The summed E-state index contributed by atoms with van der Waals surface area (Å²) in [5.74, 6) is -0.235. The molecule has 0 aromatic carbocycles. The zero-order valence-electron chi connectivity index (χ0n) is 11.9. The summed E-state index contributed by atoms with van der Waals surface area (Å²) in [5.41, 5.74) is -0.0864. The van der Waals surface area contributed by atoms with E-state index in [4.69, 9.17) is 4.74 Å². The highest BCUT2D eigenvalue weighted by atomic mass is 32.1. The van der Waals surface area contributed by atoms with Crippen molar-refractivity contribution < 1.29 is 14.3 Å². The summed E-state index contributed by atoms with van der Waals surface area (Å²) in [4.78, 5) is 27.5. The van der Waals surface area contributed by atoms with E-state index in [1.165, 1.54) is 11.3 Å². The summed E-state index contributed by atoms with van der Waals surface area (Å²) < 4.78 is 5.07. The van der Waals surface area contributed by atoms with Gasteiger partial charge in [-0.25, -0.2) is 4.98 Å². The molecule has 1 aromatic rings. The molecule has 2 N–H and O–H groups in total. The number of carbonyl (C=O) groups excluding carboxylic acids is 2. The Kier molecular flexibility index (Phi) is 4.27. The van der Waals surface area contributed by atoms with Crippen LogP contribution in [0, 0.1) is 0 Å². The van der Waals surface area contributed by atoms with Crippen LogP contribution in [0.4, 0.5) is 5.13 Å². The topological polar surface area (TPSA) is 80.3 Å². The van der Waals surface area contributed by atoms with Gasteiger partial charge >= 0.3 is 5.97 Å². The summed E-state index contributed by atoms with van der Waals surface area (Å²) >= 11 is 1.43. The van der Waals surface area contributed by atoms with Crippen LogP contribution in [0.5, 0.6) is 0 Å².